The number of rotatable bonds is 1. The second-order valence-electron chi connectivity index (χ2n) is 6.24. The number of benzene rings is 1. The van der Waals surface area contributed by atoms with Gasteiger partial charge in [-0.25, -0.2) is 4.79 Å². The van der Waals surface area contributed by atoms with Crippen molar-refractivity contribution in [2.75, 3.05) is 6.54 Å². The fourth-order valence-electron chi connectivity index (χ4n) is 2.56. The Kier molecular flexibility index (Phi) is 4.21. The molecule has 1 aliphatic rings. The molecule has 0 radical (unpaired) electrons. The van der Waals surface area contributed by atoms with Crippen LogP contribution in [0.4, 0.5) is 4.79 Å². The van der Waals surface area contributed by atoms with E-state index >= 15 is 0 Å². The van der Waals surface area contributed by atoms with Gasteiger partial charge in [0.25, 0.3) is 0 Å². The number of ether oxygens (including phenoxy) is 1. The van der Waals surface area contributed by atoms with Crippen molar-refractivity contribution in [3.8, 4) is 5.75 Å². The van der Waals surface area contributed by atoms with Crippen LogP contribution in [0.3, 0.4) is 0 Å². The van der Waals surface area contributed by atoms with E-state index in [0.717, 1.165) is 24.8 Å². The Hall–Kier alpha value is -1.71. The minimum atomic E-state index is -0.502. The Morgan fingerprint density at radius 2 is 2.00 bits per heavy atom. The third-order valence-corrected chi connectivity index (χ3v) is 3.43. The number of para-hydroxylation sites is 1. The molecule has 1 N–H and O–H groups in total. The molecular weight excluding hydrogens is 254 g/mol. The van der Waals surface area contributed by atoms with Crippen LogP contribution in [0, 0.1) is 0 Å². The molecule has 0 bridgehead atoms. The van der Waals surface area contributed by atoms with E-state index in [1.165, 1.54) is 0 Å². The van der Waals surface area contributed by atoms with Crippen molar-refractivity contribution in [3.05, 3.63) is 29.8 Å². The molecule has 2 rings (SSSR count). The Labute approximate surface area is 120 Å². The summed E-state index contributed by atoms with van der Waals surface area (Å²) in [5, 5.41) is 10.0. The molecule has 1 fully saturated rings. The molecule has 1 amide bonds. The summed E-state index contributed by atoms with van der Waals surface area (Å²) in [6, 6.07) is 7.12. The van der Waals surface area contributed by atoms with E-state index in [1.807, 2.05) is 32.9 Å². The van der Waals surface area contributed by atoms with Gasteiger partial charge in [-0.2, -0.15) is 0 Å². The molecule has 4 heteroatoms. The summed E-state index contributed by atoms with van der Waals surface area (Å²) in [4.78, 5) is 14.1. The summed E-state index contributed by atoms with van der Waals surface area (Å²) in [6.07, 6.45) is 2.59. The van der Waals surface area contributed by atoms with Crippen molar-refractivity contribution in [2.24, 2.45) is 0 Å². The van der Waals surface area contributed by atoms with Gasteiger partial charge in [-0.3, -0.25) is 0 Å². The first kappa shape index (κ1) is 14.7. The summed E-state index contributed by atoms with van der Waals surface area (Å²) in [5.74, 6) is 0.243. The van der Waals surface area contributed by atoms with Crippen LogP contribution in [-0.4, -0.2) is 28.2 Å². The topological polar surface area (TPSA) is 49.8 Å². The van der Waals surface area contributed by atoms with Crippen LogP contribution in [0.1, 0.15) is 51.6 Å². The standard InChI is InChI=1S/C16H23NO3/c1-16(2,3)20-15(19)17-11-7-6-9-13(17)12-8-4-5-10-14(12)18/h4-5,8,10,13,18H,6-7,9,11H2,1-3H3. The third-order valence-electron chi connectivity index (χ3n) is 3.43. The lowest BCUT2D eigenvalue weighted by Gasteiger charge is -2.37. The van der Waals surface area contributed by atoms with E-state index in [4.69, 9.17) is 4.74 Å². The lowest BCUT2D eigenvalue weighted by Crippen LogP contribution is -2.41. The Balaban J connectivity index is 2.22. The molecule has 4 nitrogen and oxygen atoms in total. The minimum Gasteiger partial charge on any atom is -0.508 e. The maximum absolute atomic E-state index is 12.3. The zero-order valence-corrected chi connectivity index (χ0v) is 12.4. The van der Waals surface area contributed by atoms with Gasteiger partial charge in [-0.05, 0) is 46.1 Å². The highest BCUT2D eigenvalue weighted by Gasteiger charge is 2.32. The maximum atomic E-state index is 12.3. The number of hydrogen-bond donors (Lipinski definition) is 1. The maximum Gasteiger partial charge on any atom is 0.410 e. The molecule has 1 aromatic rings. The van der Waals surface area contributed by atoms with Gasteiger partial charge < -0.3 is 14.7 Å². The van der Waals surface area contributed by atoms with Crippen LogP contribution in [0.2, 0.25) is 0 Å². The SMILES string of the molecule is CC(C)(C)OC(=O)N1CCCCC1c1ccccc1O. The Morgan fingerprint density at radius 1 is 1.30 bits per heavy atom. The smallest absolute Gasteiger partial charge is 0.410 e. The van der Waals surface area contributed by atoms with E-state index in [-0.39, 0.29) is 17.9 Å². The molecule has 0 saturated carbocycles. The second kappa shape index (κ2) is 5.73. The van der Waals surface area contributed by atoms with Gasteiger partial charge in [0.2, 0.25) is 0 Å². The molecule has 1 heterocycles. The summed E-state index contributed by atoms with van der Waals surface area (Å²) >= 11 is 0. The molecule has 0 aromatic heterocycles. The average Bonchev–Trinajstić information content (AvgIpc) is 2.37. The van der Waals surface area contributed by atoms with Crippen molar-refractivity contribution in [3.63, 3.8) is 0 Å². The zero-order valence-electron chi connectivity index (χ0n) is 12.4. The highest BCUT2D eigenvalue weighted by Crippen LogP contribution is 2.36. The predicted molar refractivity (Wildman–Crippen MR) is 77.6 cm³/mol. The van der Waals surface area contributed by atoms with Crippen LogP contribution >= 0.6 is 0 Å². The van der Waals surface area contributed by atoms with Crippen LogP contribution in [0.5, 0.6) is 5.75 Å². The van der Waals surface area contributed by atoms with Gasteiger partial charge in [-0.15, -0.1) is 0 Å². The summed E-state index contributed by atoms with van der Waals surface area (Å²) in [6.45, 7) is 6.27. The molecule has 1 aliphatic heterocycles. The van der Waals surface area contributed by atoms with Crippen molar-refractivity contribution < 1.29 is 14.6 Å². The second-order valence-corrected chi connectivity index (χ2v) is 6.24. The first-order valence-electron chi connectivity index (χ1n) is 7.16. The number of piperidine rings is 1. The number of aromatic hydroxyl groups is 1. The van der Waals surface area contributed by atoms with Gasteiger partial charge in [0.1, 0.15) is 11.4 Å². The van der Waals surface area contributed by atoms with Crippen molar-refractivity contribution in [1.29, 1.82) is 0 Å². The van der Waals surface area contributed by atoms with Crippen LogP contribution < -0.4 is 0 Å². The fourth-order valence-corrected chi connectivity index (χ4v) is 2.56. The number of amides is 1. The number of nitrogens with zero attached hydrogens (tertiary/aromatic N) is 1. The Bertz CT molecular complexity index is 479. The lowest BCUT2D eigenvalue weighted by molar-refractivity contribution is 0.00931. The number of carbonyl (C=O) groups excluding carboxylic acids is 1. The number of carbonyl (C=O) groups is 1. The molecule has 0 aliphatic carbocycles. The van der Waals surface area contributed by atoms with Gasteiger partial charge in [0.15, 0.2) is 0 Å². The Morgan fingerprint density at radius 3 is 2.65 bits per heavy atom. The highest BCUT2D eigenvalue weighted by atomic mass is 16.6. The van der Waals surface area contributed by atoms with Gasteiger partial charge in [0.05, 0.1) is 6.04 Å². The minimum absolute atomic E-state index is 0.0974. The average molecular weight is 277 g/mol. The first-order chi connectivity index (χ1) is 9.38. The largest absolute Gasteiger partial charge is 0.508 e. The van der Waals surface area contributed by atoms with Gasteiger partial charge in [-0.1, -0.05) is 18.2 Å². The van der Waals surface area contributed by atoms with Crippen molar-refractivity contribution in [2.45, 2.75) is 51.7 Å². The summed E-state index contributed by atoms with van der Waals surface area (Å²) in [7, 11) is 0. The van der Waals surface area contributed by atoms with Gasteiger partial charge in [0, 0.05) is 12.1 Å². The predicted octanol–water partition coefficient (Wildman–Crippen LogP) is 3.85. The monoisotopic (exact) mass is 277 g/mol. The molecule has 0 spiro atoms. The van der Waals surface area contributed by atoms with Crippen LogP contribution in [0.15, 0.2) is 24.3 Å². The zero-order chi connectivity index (χ0) is 14.8. The molecule has 20 heavy (non-hydrogen) atoms. The van der Waals surface area contributed by atoms with E-state index in [0.29, 0.717) is 6.54 Å². The fraction of sp³-hybridized carbons (Fsp3) is 0.562. The molecule has 1 unspecified atom stereocenters. The normalized spacial score (nSPS) is 19.8. The van der Waals surface area contributed by atoms with Crippen LogP contribution in [-0.2, 0) is 4.74 Å². The number of phenolic OH excluding ortho intramolecular Hbond substituents is 1. The quantitative estimate of drug-likeness (QED) is 0.848. The van der Waals surface area contributed by atoms with Crippen molar-refractivity contribution in [1.82, 2.24) is 4.90 Å². The number of likely N-dealkylation sites (tertiary alicyclic amines) is 1. The summed E-state index contributed by atoms with van der Waals surface area (Å²) < 4.78 is 5.47. The van der Waals surface area contributed by atoms with E-state index in [9.17, 15) is 9.90 Å². The molecule has 1 saturated heterocycles. The van der Waals surface area contributed by atoms with Gasteiger partial charge >= 0.3 is 6.09 Å². The molecular formula is C16H23NO3. The summed E-state index contributed by atoms with van der Waals surface area (Å²) in [5.41, 5.74) is 0.302. The lowest BCUT2D eigenvalue weighted by atomic mass is 9.95. The number of phenols is 1. The highest BCUT2D eigenvalue weighted by molar-refractivity contribution is 5.69. The third kappa shape index (κ3) is 3.44. The first-order valence-corrected chi connectivity index (χ1v) is 7.16. The van der Waals surface area contributed by atoms with Crippen molar-refractivity contribution >= 4 is 6.09 Å². The number of hydrogen-bond acceptors (Lipinski definition) is 3. The molecule has 1 atom stereocenters. The van der Waals surface area contributed by atoms with Crippen LogP contribution in [0.25, 0.3) is 0 Å². The van der Waals surface area contributed by atoms with E-state index in [2.05, 4.69) is 0 Å². The molecule has 110 valence electrons. The molecule has 1 aromatic carbocycles. The van der Waals surface area contributed by atoms with E-state index in [1.54, 1.807) is 17.0 Å². The van der Waals surface area contributed by atoms with E-state index < -0.39 is 5.60 Å².